The lowest BCUT2D eigenvalue weighted by Gasteiger charge is -2.11. The Morgan fingerprint density at radius 3 is 2.55 bits per heavy atom. The van der Waals surface area contributed by atoms with Crippen molar-refractivity contribution in [1.82, 2.24) is 0 Å². The van der Waals surface area contributed by atoms with Gasteiger partial charge in [-0.25, -0.2) is 8.78 Å². The smallest absolute Gasteiger partial charge is 0.129 e. The van der Waals surface area contributed by atoms with E-state index in [1.807, 2.05) is 30.3 Å². The quantitative estimate of drug-likeness (QED) is 0.733. The van der Waals surface area contributed by atoms with E-state index in [0.717, 1.165) is 22.2 Å². The highest BCUT2D eigenvalue weighted by atomic mass is 32.1. The molecule has 4 heteroatoms. The van der Waals surface area contributed by atoms with Gasteiger partial charge in [0.15, 0.2) is 0 Å². The Morgan fingerprint density at radius 2 is 1.80 bits per heavy atom. The standard InChI is InChI=1S/C16H12F2OS/c1-9-6-13(18)11(8-12(9)17)16(19)15-7-10-4-2-3-5-14(10)20-15/h2-8,16,19H,1H3. The molecule has 1 heterocycles. The summed E-state index contributed by atoms with van der Waals surface area (Å²) in [6.45, 7) is 1.49. The number of rotatable bonds is 2. The molecule has 1 unspecified atom stereocenters. The molecule has 2 aromatic carbocycles. The molecule has 0 saturated heterocycles. The number of aryl methyl sites for hydroxylation is 1. The van der Waals surface area contributed by atoms with Gasteiger partial charge in [0.25, 0.3) is 0 Å². The zero-order valence-electron chi connectivity index (χ0n) is 10.7. The maximum Gasteiger partial charge on any atom is 0.129 e. The molecule has 1 nitrogen and oxygen atoms in total. The summed E-state index contributed by atoms with van der Waals surface area (Å²) in [7, 11) is 0. The second-order valence-corrected chi connectivity index (χ2v) is 5.83. The van der Waals surface area contributed by atoms with E-state index in [0.29, 0.717) is 4.88 Å². The van der Waals surface area contributed by atoms with Crippen molar-refractivity contribution >= 4 is 21.4 Å². The SMILES string of the molecule is Cc1cc(F)c(C(O)c2cc3ccccc3s2)cc1F. The molecule has 0 amide bonds. The predicted octanol–water partition coefficient (Wildman–Crippen LogP) is 4.57. The molecule has 20 heavy (non-hydrogen) atoms. The summed E-state index contributed by atoms with van der Waals surface area (Å²) in [5, 5.41) is 11.3. The topological polar surface area (TPSA) is 20.2 Å². The van der Waals surface area contributed by atoms with Gasteiger partial charge in [0, 0.05) is 15.1 Å². The fourth-order valence-electron chi connectivity index (χ4n) is 2.16. The summed E-state index contributed by atoms with van der Waals surface area (Å²) >= 11 is 1.38. The molecule has 1 atom stereocenters. The summed E-state index contributed by atoms with van der Waals surface area (Å²) in [6, 6.07) is 11.7. The van der Waals surface area contributed by atoms with Crippen LogP contribution in [0.15, 0.2) is 42.5 Å². The normalized spacial score (nSPS) is 12.8. The molecule has 0 aliphatic heterocycles. The number of fused-ring (bicyclic) bond motifs is 1. The third-order valence-electron chi connectivity index (χ3n) is 3.29. The van der Waals surface area contributed by atoms with Gasteiger partial charge in [-0.2, -0.15) is 0 Å². The van der Waals surface area contributed by atoms with Crippen LogP contribution >= 0.6 is 11.3 Å². The zero-order valence-corrected chi connectivity index (χ0v) is 11.5. The maximum absolute atomic E-state index is 13.9. The van der Waals surface area contributed by atoms with E-state index in [1.165, 1.54) is 18.3 Å². The van der Waals surface area contributed by atoms with Crippen LogP contribution in [0.3, 0.4) is 0 Å². The minimum absolute atomic E-state index is 0.0281. The van der Waals surface area contributed by atoms with Crippen molar-refractivity contribution in [3.05, 3.63) is 70.1 Å². The first-order chi connectivity index (χ1) is 9.56. The van der Waals surface area contributed by atoms with Crippen molar-refractivity contribution in [2.45, 2.75) is 13.0 Å². The minimum atomic E-state index is -1.15. The van der Waals surface area contributed by atoms with Crippen molar-refractivity contribution in [1.29, 1.82) is 0 Å². The van der Waals surface area contributed by atoms with Crippen molar-refractivity contribution in [3.63, 3.8) is 0 Å². The third kappa shape index (κ3) is 2.21. The molecule has 102 valence electrons. The van der Waals surface area contributed by atoms with Crippen LogP contribution in [-0.4, -0.2) is 5.11 Å². The molecule has 0 aliphatic rings. The van der Waals surface area contributed by atoms with Crippen LogP contribution in [-0.2, 0) is 0 Å². The van der Waals surface area contributed by atoms with E-state index in [-0.39, 0.29) is 11.1 Å². The van der Waals surface area contributed by atoms with Crippen LogP contribution in [0.1, 0.15) is 22.1 Å². The molecule has 0 spiro atoms. The Bertz CT molecular complexity index is 746. The average Bonchev–Trinajstić information content (AvgIpc) is 2.86. The highest BCUT2D eigenvalue weighted by molar-refractivity contribution is 7.19. The van der Waals surface area contributed by atoms with Crippen molar-refractivity contribution in [2.75, 3.05) is 0 Å². The van der Waals surface area contributed by atoms with Gasteiger partial charge in [0.2, 0.25) is 0 Å². The molecule has 3 rings (SSSR count). The van der Waals surface area contributed by atoms with Crippen molar-refractivity contribution in [3.8, 4) is 0 Å². The van der Waals surface area contributed by atoms with Crippen LogP contribution < -0.4 is 0 Å². The Balaban J connectivity index is 2.07. The van der Waals surface area contributed by atoms with Gasteiger partial charge in [-0.05, 0) is 42.1 Å². The maximum atomic E-state index is 13.9. The molecule has 1 aromatic heterocycles. The monoisotopic (exact) mass is 290 g/mol. The van der Waals surface area contributed by atoms with Gasteiger partial charge in [-0.1, -0.05) is 18.2 Å². The van der Waals surface area contributed by atoms with Crippen LogP contribution in [0.5, 0.6) is 0 Å². The van der Waals surface area contributed by atoms with E-state index < -0.39 is 17.7 Å². The number of halogens is 2. The number of aliphatic hydroxyl groups excluding tert-OH is 1. The Hall–Kier alpha value is -1.78. The molecule has 0 saturated carbocycles. The summed E-state index contributed by atoms with van der Waals surface area (Å²) in [5.41, 5.74) is 0.203. The van der Waals surface area contributed by atoms with Gasteiger partial charge in [0.05, 0.1) is 0 Å². The molecule has 1 N–H and O–H groups in total. The Morgan fingerprint density at radius 1 is 1.05 bits per heavy atom. The third-order valence-corrected chi connectivity index (χ3v) is 4.46. The zero-order chi connectivity index (χ0) is 14.3. The fourth-order valence-corrected chi connectivity index (χ4v) is 3.23. The summed E-state index contributed by atoms with van der Waals surface area (Å²) < 4.78 is 28.5. The van der Waals surface area contributed by atoms with Crippen LogP contribution in [0.25, 0.3) is 10.1 Å². The molecule has 0 aliphatic carbocycles. The Labute approximate surface area is 119 Å². The van der Waals surface area contributed by atoms with E-state index in [1.54, 1.807) is 0 Å². The van der Waals surface area contributed by atoms with E-state index >= 15 is 0 Å². The minimum Gasteiger partial charge on any atom is -0.383 e. The summed E-state index contributed by atoms with van der Waals surface area (Å²) in [6.07, 6.45) is -1.15. The van der Waals surface area contributed by atoms with Gasteiger partial charge < -0.3 is 5.11 Å². The van der Waals surface area contributed by atoms with Crippen LogP contribution in [0, 0.1) is 18.6 Å². The van der Waals surface area contributed by atoms with Gasteiger partial charge in [-0.3, -0.25) is 0 Å². The molecule has 3 aromatic rings. The first-order valence-corrected chi connectivity index (χ1v) is 7.00. The van der Waals surface area contributed by atoms with E-state index in [4.69, 9.17) is 0 Å². The molecule has 0 bridgehead atoms. The number of benzene rings is 2. The van der Waals surface area contributed by atoms with E-state index in [2.05, 4.69) is 0 Å². The Kier molecular flexibility index (Phi) is 3.28. The first-order valence-electron chi connectivity index (χ1n) is 6.18. The lowest BCUT2D eigenvalue weighted by atomic mass is 10.0. The first kappa shape index (κ1) is 13.2. The number of hydrogen-bond acceptors (Lipinski definition) is 2. The van der Waals surface area contributed by atoms with Crippen LogP contribution in [0.2, 0.25) is 0 Å². The summed E-state index contributed by atoms with van der Waals surface area (Å²) in [5.74, 6) is -1.10. The van der Waals surface area contributed by atoms with Gasteiger partial charge in [-0.15, -0.1) is 11.3 Å². The van der Waals surface area contributed by atoms with Gasteiger partial charge in [0.1, 0.15) is 17.7 Å². The number of hydrogen-bond donors (Lipinski definition) is 1. The highest BCUT2D eigenvalue weighted by Gasteiger charge is 2.19. The highest BCUT2D eigenvalue weighted by Crippen LogP contribution is 2.34. The lowest BCUT2D eigenvalue weighted by molar-refractivity contribution is 0.218. The average molecular weight is 290 g/mol. The van der Waals surface area contributed by atoms with Crippen molar-refractivity contribution in [2.24, 2.45) is 0 Å². The summed E-state index contributed by atoms with van der Waals surface area (Å²) in [4.78, 5) is 0.605. The number of aliphatic hydroxyl groups is 1. The van der Waals surface area contributed by atoms with Crippen molar-refractivity contribution < 1.29 is 13.9 Å². The fraction of sp³-hybridized carbons (Fsp3) is 0.125. The molecular weight excluding hydrogens is 278 g/mol. The second-order valence-electron chi connectivity index (χ2n) is 4.71. The number of thiophene rings is 1. The molecule has 0 fully saturated rings. The lowest BCUT2D eigenvalue weighted by Crippen LogP contribution is -2.02. The van der Waals surface area contributed by atoms with E-state index in [9.17, 15) is 13.9 Å². The molecular formula is C16H12F2OS. The molecule has 0 radical (unpaired) electrons. The largest absolute Gasteiger partial charge is 0.383 e. The predicted molar refractivity (Wildman–Crippen MR) is 77.0 cm³/mol. The van der Waals surface area contributed by atoms with Crippen LogP contribution in [0.4, 0.5) is 8.78 Å². The van der Waals surface area contributed by atoms with Gasteiger partial charge >= 0.3 is 0 Å². The second kappa shape index (κ2) is 4.96.